The van der Waals surface area contributed by atoms with Gasteiger partial charge in [-0.3, -0.25) is 14.4 Å². The summed E-state index contributed by atoms with van der Waals surface area (Å²) in [5.41, 5.74) is 0.961. The third-order valence-corrected chi connectivity index (χ3v) is 4.27. The highest BCUT2D eigenvalue weighted by atomic mass is 16.5. The van der Waals surface area contributed by atoms with Crippen molar-refractivity contribution >= 4 is 23.8 Å². The standard InChI is InChI=1S/C20H28N2O6/c1-13(19(25)27-3)12-16(20(26)28-4)22-18(24)11-10-17(23)21-14(2)15-8-6-5-7-9-15/h5-9,13-14,16H,10-12H2,1-4H3,(H,21,23)(H,22,24)/t13-,14+,16-/m0/s1. The molecule has 0 aromatic heterocycles. The molecule has 0 aliphatic carbocycles. The molecule has 0 aliphatic heterocycles. The van der Waals surface area contributed by atoms with E-state index in [9.17, 15) is 19.2 Å². The number of carbonyl (C=O) groups excluding carboxylic acids is 4. The maximum atomic E-state index is 12.1. The highest BCUT2D eigenvalue weighted by Crippen LogP contribution is 2.12. The number of hydrogen-bond acceptors (Lipinski definition) is 6. The zero-order valence-corrected chi connectivity index (χ0v) is 16.7. The minimum absolute atomic E-state index is 0.0244. The Morgan fingerprint density at radius 3 is 1.93 bits per heavy atom. The van der Waals surface area contributed by atoms with E-state index in [0.29, 0.717) is 0 Å². The second-order valence-corrected chi connectivity index (χ2v) is 6.50. The van der Waals surface area contributed by atoms with Crippen LogP contribution in [0, 0.1) is 5.92 Å². The van der Waals surface area contributed by atoms with Gasteiger partial charge in [0.05, 0.1) is 26.2 Å². The molecule has 0 saturated carbocycles. The molecule has 3 atom stereocenters. The van der Waals surface area contributed by atoms with Crippen molar-refractivity contribution in [3.8, 4) is 0 Å². The number of amides is 2. The SMILES string of the molecule is COC(=O)[C@H](C[C@H](C)C(=O)OC)NC(=O)CCC(=O)N[C@H](C)c1ccccc1. The topological polar surface area (TPSA) is 111 Å². The Labute approximate surface area is 165 Å². The summed E-state index contributed by atoms with van der Waals surface area (Å²) in [7, 11) is 2.45. The summed E-state index contributed by atoms with van der Waals surface area (Å²) < 4.78 is 9.30. The van der Waals surface area contributed by atoms with Crippen LogP contribution in [0.3, 0.4) is 0 Å². The van der Waals surface area contributed by atoms with E-state index in [1.54, 1.807) is 6.92 Å². The predicted molar refractivity (Wildman–Crippen MR) is 102 cm³/mol. The predicted octanol–water partition coefficient (Wildman–Crippen LogP) is 1.50. The maximum absolute atomic E-state index is 12.1. The molecular weight excluding hydrogens is 364 g/mol. The van der Waals surface area contributed by atoms with Gasteiger partial charge in [0.25, 0.3) is 0 Å². The van der Waals surface area contributed by atoms with Crippen LogP contribution in [0.1, 0.15) is 44.7 Å². The molecule has 154 valence electrons. The van der Waals surface area contributed by atoms with Gasteiger partial charge < -0.3 is 20.1 Å². The number of ether oxygens (including phenoxy) is 2. The number of methoxy groups -OCH3 is 2. The number of carbonyl (C=O) groups is 4. The van der Waals surface area contributed by atoms with Gasteiger partial charge in [-0.2, -0.15) is 0 Å². The van der Waals surface area contributed by atoms with Crippen LogP contribution in [0.5, 0.6) is 0 Å². The Morgan fingerprint density at radius 1 is 0.857 bits per heavy atom. The first-order chi connectivity index (χ1) is 13.3. The Bertz CT molecular complexity index is 677. The quantitative estimate of drug-likeness (QED) is 0.584. The summed E-state index contributed by atoms with van der Waals surface area (Å²) in [6.45, 7) is 3.45. The molecule has 1 aromatic rings. The van der Waals surface area contributed by atoms with Crippen LogP contribution in [0.25, 0.3) is 0 Å². The Balaban J connectivity index is 2.51. The van der Waals surface area contributed by atoms with Gasteiger partial charge in [0.2, 0.25) is 11.8 Å². The fourth-order valence-corrected chi connectivity index (χ4v) is 2.64. The lowest BCUT2D eigenvalue weighted by molar-refractivity contribution is -0.148. The van der Waals surface area contributed by atoms with Gasteiger partial charge in [-0.1, -0.05) is 37.3 Å². The smallest absolute Gasteiger partial charge is 0.328 e. The van der Waals surface area contributed by atoms with Gasteiger partial charge in [-0.25, -0.2) is 4.79 Å². The highest BCUT2D eigenvalue weighted by Gasteiger charge is 2.27. The summed E-state index contributed by atoms with van der Waals surface area (Å²) >= 11 is 0. The lowest BCUT2D eigenvalue weighted by atomic mass is 10.0. The molecular formula is C20H28N2O6. The molecule has 0 fully saturated rings. The summed E-state index contributed by atoms with van der Waals surface area (Å²) in [4.78, 5) is 47.6. The molecule has 2 amide bonds. The van der Waals surface area contributed by atoms with Gasteiger partial charge in [0.1, 0.15) is 6.04 Å². The van der Waals surface area contributed by atoms with Crippen LogP contribution in [0.15, 0.2) is 30.3 Å². The number of benzene rings is 1. The van der Waals surface area contributed by atoms with Crippen LogP contribution in [-0.4, -0.2) is 44.0 Å². The molecule has 8 heteroatoms. The van der Waals surface area contributed by atoms with Crippen LogP contribution in [-0.2, 0) is 28.7 Å². The first kappa shape index (κ1) is 23.1. The Morgan fingerprint density at radius 2 is 1.39 bits per heavy atom. The van der Waals surface area contributed by atoms with E-state index in [1.165, 1.54) is 14.2 Å². The van der Waals surface area contributed by atoms with Crippen molar-refractivity contribution in [3.63, 3.8) is 0 Å². The Kier molecular flexibility index (Phi) is 9.70. The molecule has 1 aromatic carbocycles. The molecule has 0 saturated heterocycles. The van der Waals surface area contributed by atoms with E-state index in [2.05, 4.69) is 20.1 Å². The van der Waals surface area contributed by atoms with Crippen molar-refractivity contribution in [2.24, 2.45) is 5.92 Å². The van der Waals surface area contributed by atoms with Crippen LogP contribution < -0.4 is 10.6 Å². The van der Waals surface area contributed by atoms with E-state index in [4.69, 9.17) is 0 Å². The maximum Gasteiger partial charge on any atom is 0.328 e. The van der Waals surface area contributed by atoms with Crippen LogP contribution in [0.2, 0.25) is 0 Å². The molecule has 1 rings (SSSR count). The van der Waals surface area contributed by atoms with E-state index in [1.807, 2.05) is 37.3 Å². The first-order valence-corrected chi connectivity index (χ1v) is 9.07. The van der Waals surface area contributed by atoms with E-state index in [-0.39, 0.29) is 31.2 Å². The molecule has 0 unspecified atom stereocenters. The lowest BCUT2D eigenvalue weighted by Gasteiger charge is -2.19. The highest BCUT2D eigenvalue weighted by molar-refractivity contribution is 5.87. The summed E-state index contributed by atoms with van der Waals surface area (Å²) in [5.74, 6) is -2.49. The summed E-state index contributed by atoms with van der Waals surface area (Å²) in [6, 6.07) is 8.29. The fraction of sp³-hybridized carbons (Fsp3) is 0.500. The average molecular weight is 392 g/mol. The third kappa shape index (κ3) is 7.77. The zero-order valence-electron chi connectivity index (χ0n) is 16.7. The van der Waals surface area contributed by atoms with E-state index < -0.39 is 29.8 Å². The van der Waals surface area contributed by atoms with Crippen molar-refractivity contribution in [1.82, 2.24) is 10.6 Å². The zero-order chi connectivity index (χ0) is 21.1. The monoisotopic (exact) mass is 392 g/mol. The molecule has 0 aliphatic rings. The lowest BCUT2D eigenvalue weighted by Crippen LogP contribution is -2.43. The third-order valence-electron chi connectivity index (χ3n) is 4.27. The minimum atomic E-state index is -0.988. The number of nitrogens with one attached hydrogen (secondary N) is 2. The summed E-state index contributed by atoms with van der Waals surface area (Å²) in [5, 5.41) is 5.34. The molecule has 2 N–H and O–H groups in total. The van der Waals surface area contributed by atoms with E-state index in [0.717, 1.165) is 5.56 Å². The number of esters is 2. The van der Waals surface area contributed by atoms with E-state index >= 15 is 0 Å². The molecule has 0 spiro atoms. The van der Waals surface area contributed by atoms with Crippen molar-refractivity contribution < 1.29 is 28.7 Å². The van der Waals surface area contributed by atoms with Gasteiger partial charge >= 0.3 is 11.9 Å². The van der Waals surface area contributed by atoms with Crippen LogP contribution >= 0.6 is 0 Å². The molecule has 0 bridgehead atoms. The van der Waals surface area contributed by atoms with Crippen molar-refractivity contribution in [1.29, 1.82) is 0 Å². The minimum Gasteiger partial charge on any atom is -0.469 e. The van der Waals surface area contributed by atoms with Gasteiger partial charge in [-0.05, 0) is 18.9 Å². The average Bonchev–Trinajstić information content (AvgIpc) is 2.70. The van der Waals surface area contributed by atoms with Crippen molar-refractivity contribution in [2.45, 2.75) is 45.2 Å². The second-order valence-electron chi connectivity index (χ2n) is 6.50. The molecule has 0 heterocycles. The van der Waals surface area contributed by atoms with Gasteiger partial charge in [0.15, 0.2) is 0 Å². The first-order valence-electron chi connectivity index (χ1n) is 9.07. The normalized spacial score (nSPS) is 13.6. The summed E-state index contributed by atoms with van der Waals surface area (Å²) in [6.07, 6.45) is -0.0702. The Hall–Kier alpha value is -2.90. The largest absolute Gasteiger partial charge is 0.469 e. The number of hydrogen-bond donors (Lipinski definition) is 2. The molecule has 28 heavy (non-hydrogen) atoms. The molecule has 0 radical (unpaired) electrons. The fourth-order valence-electron chi connectivity index (χ4n) is 2.64. The second kappa shape index (κ2) is 11.7. The number of rotatable bonds is 10. The van der Waals surface area contributed by atoms with Crippen molar-refractivity contribution in [2.75, 3.05) is 14.2 Å². The molecule has 8 nitrogen and oxygen atoms in total. The van der Waals surface area contributed by atoms with Crippen molar-refractivity contribution in [3.05, 3.63) is 35.9 Å². The van der Waals surface area contributed by atoms with Gasteiger partial charge in [-0.15, -0.1) is 0 Å². The van der Waals surface area contributed by atoms with Crippen LogP contribution in [0.4, 0.5) is 0 Å². The van der Waals surface area contributed by atoms with Gasteiger partial charge in [0, 0.05) is 12.8 Å².